The van der Waals surface area contributed by atoms with Gasteiger partial charge in [0.25, 0.3) is 0 Å². The van der Waals surface area contributed by atoms with Crippen molar-refractivity contribution in [3.63, 3.8) is 0 Å². The van der Waals surface area contributed by atoms with Crippen LogP contribution in [0.2, 0.25) is 0 Å². The lowest BCUT2D eigenvalue weighted by atomic mass is 10.1. The van der Waals surface area contributed by atoms with E-state index in [0.29, 0.717) is 5.88 Å². The summed E-state index contributed by atoms with van der Waals surface area (Å²) in [6.07, 6.45) is 3.00. The van der Waals surface area contributed by atoms with E-state index in [0.717, 1.165) is 48.6 Å². The van der Waals surface area contributed by atoms with Crippen LogP contribution < -0.4 is 4.74 Å². The molecule has 3 nitrogen and oxygen atoms in total. The normalized spacial score (nSPS) is 11.0. The molecule has 0 saturated carbocycles. The Labute approximate surface area is 115 Å². The van der Waals surface area contributed by atoms with Gasteiger partial charge in [-0.3, -0.25) is 9.88 Å². The van der Waals surface area contributed by atoms with Crippen LogP contribution in [0.25, 0.3) is 0 Å². The molecule has 0 unspecified atom stereocenters. The Balaban J connectivity index is 2.88. The number of aromatic nitrogens is 1. The third-order valence-corrected chi connectivity index (χ3v) is 3.23. The highest BCUT2D eigenvalue weighted by Gasteiger charge is 2.12. The molecule has 0 aliphatic rings. The molecule has 0 radical (unpaired) electrons. The van der Waals surface area contributed by atoms with Gasteiger partial charge >= 0.3 is 0 Å². The number of nitrogens with zero attached hydrogens (tertiary/aromatic N) is 2. The first kappa shape index (κ1) is 15.3. The van der Waals surface area contributed by atoms with E-state index in [1.807, 2.05) is 13.1 Å². The minimum atomic E-state index is 0.655. The van der Waals surface area contributed by atoms with Crippen molar-refractivity contribution < 1.29 is 4.74 Å². The molecule has 0 spiro atoms. The maximum Gasteiger partial charge on any atom is 0.128 e. The SMILES string of the molecule is CCCN(CCCl)Cc1ncc(C)c(OC)c1C. The second kappa shape index (κ2) is 7.59. The molecule has 0 amide bonds. The lowest BCUT2D eigenvalue weighted by molar-refractivity contribution is 0.277. The molecule has 0 N–H and O–H groups in total. The predicted molar refractivity (Wildman–Crippen MR) is 76.6 cm³/mol. The molecule has 1 heterocycles. The van der Waals surface area contributed by atoms with E-state index in [2.05, 4.69) is 23.7 Å². The van der Waals surface area contributed by atoms with E-state index >= 15 is 0 Å². The Hall–Kier alpha value is -0.800. The zero-order valence-corrected chi connectivity index (χ0v) is 12.5. The number of hydrogen-bond donors (Lipinski definition) is 0. The lowest BCUT2D eigenvalue weighted by Gasteiger charge is -2.22. The van der Waals surface area contributed by atoms with E-state index in [9.17, 15) is 0 Å². The first-order valence-electron chi connectivity index (χ1n) is 6.41. The molecule has 1 aromatic rings. The average Bonchev–Trinajstić information content (AvgIpc) is 2.34. The fourth-order valence-electron chi connectivity index (χ4n) is 2.15. The Kier molecular flexibility index (Phi) is 6.44. The van der Waals surface area contributed by atoms with Gasteiger partial charge < -0.3 is 4.74 Å². The molecule has 18 heavy (non-hydrogen) atoms. The first-order valence-corrected chi connectivity index (χ1v) is 6.94. The zero-order chi connectivity index (χ0) is 13.5. The minimum Gasteiger partial charge on any atom is -0.496 e. The quantitative estimate of drug-likeness (QED) is 0.712. The smallest absolute Gasteiger partial charge is 0.128 e. The van der Waals surface area contributed by atoms with Crippen LogP contribution in [0.5, 0.6) is 5.75 Å². The molecule has 0 aliphatic carbocycles. The van der Waals surface area contributed by atoms with Crippen LogP contribution >= 0.6 is 11.6 Å². The summed E-state index contributed by atoms with van der Waals surface area (Å²) >= 11 is 5.84. The number of hydrogen-bond acceptors (Lipinski definition) is 3. The molecule has 0 fully saturated rings. The summed E-state index contributed by atoms with van der Waals surface area (Å²) in [7, 11) is 1.71. The topological polar surface area (TPSA) is 25.4 Å². The number of methoxy groups -OCH3 is 1. The molecule has 102 valence electrons. The van der Waals surface area contributed by atoms with Crippen LogP contribution in [0.4, 0.5) is 0 Å². The largest absolute Gasteiger partial charge is 0.496 e. The summed E-state index contributed by atoms with van der Waals surface area (Å²) in [5, 5.41) is 0. The zero-order valence-electron chi connectivity index (χ0n) is 11.8. The van der Waals surface area contributed by atoms with Crippen molar-refractivity contribution in [2.24, 2.45) is 0 Å². The molecule has 0 atom stereocenters. The van der Waals surface area contributed by atoms with E-state index < -0.39 is 0 Å². The summed E-state index contributed by atoms with van der Waals surface area (Å²) in [6.45, 7) is 9.04. The molecule has 0 aromatic carbocycles. The van der Waals surface area contributed by atoms with Crippen LogP contribution in [-0.2, 0) is 6.54 Å². The minimum absolute atomic E-state index is 0.655. The number of pyridine rings is 1. The van der Waals surface area contributed by atoms with Gasteiger partial charge in [-0.2, -0.15) is 0 Å². The maximum atomic E-state index is 5.84. The van der Waals surface area contributed by atoms with Gasteiger partial charge in [-0.05, 0) is 26.8 Å². The molecule has 0 aliphatic heterocycles. The second-order valence-corrected chi connectivity index (χ2v) is 4.89. The van der Waals surface area contributed by atoms with Crippen molar-refractivity contribution in [1.29, 1.82) is 0 Å². The Morgan fingerprint density at radius 2 is 2.06 bits per heavy atom. The third-order valence-electron chi connectivity index (χ3n) is 3.06. The van der Waals surface area contributed by atoms with Gasteiger partial charge in [0.15, 0.2) is 0 Å². The Bertz CT molecular complexity index is 376. The van der Waals surface area contributed by atoms with E-state index in [4.69, 9.17) is 16.3 Å². The number of aryl methyl sites for hydroxylation is 1. The molecule has 0 bridgehead atoms. The van der Waals surface area contributed by atoms with Gasteiger partial charge in [0, 0.05) is 36.3 Å². The van der Waals surface area contributed by atoms with Gasteiger partial charge in [0.05, 0.1) is 12.8 Å². The van der Waals surface area contributed by atoms with Crippen molar-refractivity contribution in [2.45, 2.75) is 33.7 Å². The van der Waals surface area contributed by atoms with E-state index in [-0.39, 0.29) is 0 Å². The van der Waals surface area contributed by atoms with Crippen LogP contribution in [0.1, 0.15) is 30.2 Å². The highest BCUT2D eigenvalue weighted by molar-refractivity contribution is 6.18. The van der Waals surface area contributed by atoms with Crippen LogP contribution in [0.15, 0.2) is 6.20 Å². The maximum absolute atomic E-state index is 5.84. The highest BCUT2D eigenvalue weighted by Crippen LogP contribution is 2.24. The molecule has 1 rings (SSSR count). The van der Waals surface area contributed by atoms with Crippen molar-refractivity contribution in [3.05, 3.63) is 23.0 Å². The first-order chi connectivity index (χ1) is 8.63. The van der Waals surface area contributed by atoms with Crippen LogP contribution in [0.3, 0.4) is 0 Å². The van der Waals surface area contributed by atoms with Crippen molar-refractivity contribution >= 4 is 11.6 Å². The summed E-state index contributed by atoms with van der Waals surface area (Å²) in [5.41, 5.74) is 3.29. The summed E-state index contributed by atoms with van der Waals surface area (Å²) in [5.74, 6) is 1.60. The standard InChI is InChI=1S/C14H23ClN2O/c1-5-7-17(8-6-15)10-13-12(3)14(18-4)11(2)9-16-13/h9H,5-8,10H2,1-4H3. The number of ether oxygens (including phenoxy) is 1. The monoisotopic (exact) mass is 270 g/mol. The summed E-state index contributed by atoms with van der Waals surface area (Å²) in [6, 6.07) is 0. The number of rotatable bonds is 7. The molecule has 1 aromatic heterocycles. The second-order valence-electron chi connectivity index (χ2n) is 4.51. The molecular weight excluding hydrogens is 248 g/mol. The van der Waals surface area contributed by atoms with Gasteiger partial charge in [-0.15, -0.1) is 11.6 Å². The summed E-state index contributed by atoms with van der Waals surface area (Å²) < 4.78 is 5.43. The Morgan fingerprint density at radius 3 is 2.61 bits per heavy atom. The van der Waals surface area contributed by atoms with Crippen LogP contribution in [0, 0.1) is 13.8 Å². The average molecular weight is 271 g/mol. The van der Waals surface area contributed by atoms with Gasteiger partial charge in [0.1, 0.15) is 5.75 Å². The number of halogens is 1. The fraction of sp³-hybridized carbons (Fsp3) is 0.643. The van der Waals surface area contributed by atoms with Gasteiger partial charge in [-0.1, -0.05) is 6.92 Å². The van der Waals surface area contributed by atoms with Gasteiger partial charge in [0.2, 0.25) is 0 Å². The van der Waals surface area contributed by atoms with Crippen molar-refractivity contribution in [3.8, 4) is 5.75 Å². The van der Waals surface area contributed by atoms with Crippen molar-refractivity contribution in [1.82, 2.24) is 9.88 Å². The predicted octanol–water partition coefficient (Wildman–Crippen LogP) is 3.16. The van der Waals surface area contributed by atoms with Crippen molar-refractivity contribution in [2.75, 3.05) is 26.1 Å². The van der Waals surface area contributed by atoms with E-state index in [1.165, 1.54) is 0 Å². The summed E-state index contributed by atoms with van der Waals surface area (Å²) in [4.78, 5) is 6.86. The third kappa shape index (κ3) is 3.85. The molecule has 4 heteroatoms. The Morgan fingerprint density at radius 1 is 1.33 bits per heavy atom. The van der Waals surface area contributed by atoms with Gasteiger partial charge in [-0.25, -0.2) is 0 Å². The number of alkyl halides is 1. The highest BCUT2D eigenvalue weighted by atomic mass is 35.5. The fourth-order valence-corrected chi connectivity index (χ4v) is 2.39. The molecular formula is C14H23ClN2O. The van der Waals surface area contributed by atoms with E-state index in [1.54, 1.807) is 7.11 Å². The molecule has 0 saturated heterocycles. The van der Waals surface area contributed by atoms with Crippen LogP contribution in [-0.4, -0.2) is 36.0 Å². The lowest BCUT2D eigenvalue weighted by Crippen LogP contribution is -2.27.